The van der Waals surface area contributed by atoms with Gasteiger partial charge in [0.05, 0.1) is 19.8 Å². The normalized spacial score (nSPS) is 17.5. The highest BCUT2D eigenvalue weighted by Gasteiger charge is 2.26. The summed E-state index contributed by atoms with van der Waals surface area (Å²) >= 11 is 0. The molecule has 2 aromatic carbocycles. The van der Waals surface area contributed by atoms with E-state index in [0.29, 0.717) is 24.8 Å². The summed E-state index contributed by atoms with van der Waals surface area (Å²) in [6.45, 7) is 8.31. The molecule has 8 heteroatoms. The Balaban J connectivity index is 1.06. The Morgan fingerprint density at radius 3 is 2.51 bits per heavy atom. The number of carbonyl (C=O) groups excluding carboxylic acids is 1. The number of benzene rings is 2. The van der Waals surface area contributed by atoms with Gasteiger partial charge in [-0.15, -0.1) is 0 Å². The third-order valence-corrected chi connectivity index (χ3v) is 6.95. The Morgan fingerprint density at radius 1 is 1.03 bits per heavy atom. The summed E-state index contributed by atoms with van der Waals surface area (Å²) in [6.07, 6.45) is 1.67. The third kappa shape index (κ3) is 5.89. The van der Waals surface area contributed by atoms with Gasteiger partial charge in [0.1, 0.15) is 0 Å². The molecule has 0 bridgehead atoms. The molecule has 2 aliphatic heterocycles. The quantitative estimate of drug-likeness (QED) is 0.561. The van der Waals surface area contributed by atoms with Crippen molar-refractivity contribution in [2.75, 3.05) is 44.3 Å². The lowest BCUT2D eigenvalue weighted by molar-refractivity contribution is -0.126. The first-order chi connectivity index (χ1) is 17.2. The van der Waals surface area contributed by atoms with Gasteiger partial charge in [0.2, 0.25) is 17.6 Å². The van der Waals surface area contributed by atoms with Crippen molar-refractivity contribution in [3.05, 3.63) is 65.5 Å². The van der Waals surface area contributed by atoms with E-state index in [9.17, 15) is 4.79 Å². The van der Waals surface area contributed by atoms with Gasteiger partial charge in [-0.05, 0) is 56.1 Å². The molecule has 35 heavy (non-hydrogen) atoms. The van der Waals surface area contributed by atoms with E-state index in [-0.39, 0.29) is 11.8 Å². The molecule has 0 atom stereocenters. The third-order valence-electron chi connectivity index (χ3n) is 6.95. The Labute approximate surface area is 206 Å². The van der Waals surface area contributed by atoms with Crippen LogP contribution in [-0.4, -0.2) is 60.3 Å². The molecule has 0 spiro atoms. The summed E-state index contributed by atoms with van der Waals surface area (Å²) < 4.78 is 10.9. The van der Waals surface area contributed by atoms with Crippen molar-refractivity contribution in [2.45, 2.75) is 32.9 Å². The molecule has 2 fully saturated rings. The summed E-state index contributed by atoms with van der Waals surface area (Å²) in [7, 11) is 0. The van der Waals surface area contributed by atoms with E-state index < -0.39 is 0 Å². The highest BCUT2D eigenvalue weighted by molar-refractivity contribution is 5.78. The highest BCUT2D eigenvalue weighted by Crippen LogP contribution is 2.23. The van der Waals surface area contributed by atoms with Crippen LogP contribution < -0.4 is 10.2 Å². The largest absolute Gasteiger partial charge is 0.378 e. The fourth-order valence-electron chi connectivity index (χ4n) is 4.78. The van der Waals surface area contributed by atoms with Crippen molar-refractivity contribution < 1.29 is 14.1 Å². The maximum absolute atomic E-state index is 12.8. The van der Waals surface area contributed by atoms with Gasteiger partial charge >= 0.3 is 0 Å². The minimum absolute atomic E-state index is 0.0455. The van der Waals surface area contributed by atoms with Gasteiger partial charge in [0.15, 0.2) is 0 Å². The number of ether oxygens (including phenoxy) is 1. The molecule has 0 unspecified atom stereocenters. The second kappa shape index (κ2) is 11.0. The number of piperidine rings is 1. The van der Waals surface area contributed by atoms with E-state index in [2.05, 4.69) is 49.5 Å². The standard InChI is InChI=1S/C27H33N5O3/c1-20-4-2-3-5-24(20)26-29-25(35-30-26)19-31-12-10-22(11-13-31)27(33)28-18-21-6-8-23(9-7-21)32-14-16-34-17-15-32/h2-9,22H,10-19H2,1H3,(H,28,33). The second-order valence-corrected chi connectivity index (χ2v) is 9.36. The van der Waals surface area contributed by atoms with Gasteiger partial charge in [0, 0.05) is 36.8 Å². The van der Waals surface area contributed by atoms with E-state index >= 15 is 0 Å². The van der Waals surface area contributed by atoms with Crippen molar-refractivity contribution in [3.63, 3.8) is 0 Å². The summed E-state index contributed by atoms with van der Waals surface area (Å²) in [5, 5.41) is 7.28. The van der Waals surface area contributed by atoms with Crippen LogP contribution in [0.2, 0.25) is 0 Å². The maximum atomic E-state index is 12.8. The molecule has 3 heterocycles. The number of rotatable bonds is 7. The van der Waals surface area contributed by atoms with E-state index in [4.69, 9.17) is 9.26 Å². The molecule has 1 N–H and O–H groups in total. The molecular weight excluding hydrogens is 442 g/mol. The van der Waals surface area contributed by atoms with Gasteiger partial charge in [-0.3, -0.25) is 9.69 Å². The summed E-state index contributed by atoms with van der Waals surface area (Å²) in [5.41, 5.74) is 4.45. The van der Waals surface area contributed by atoms with Gasteiger partial charge in [-0.25, -0.2) is 0 Å². The van der Waals surface area contributed by atoms with E-state index in [1.807, 2.05) is 31.2 Å². The van der Waals surface area contributed by atoms with Crippen LogP contribution in [0.3, 0.4) is 0 Å². The lowest BCUT2D eigenvalue weighted by atomic mass is 9.96. The first-order valence-electron chi connectivity index (χ1n) is 12.5. The van der Waals surface area contributed by atoms with Crippen LogP contribution in [0.25, 0.3) is 11.4 Å². The molecule has 0 saturated carbocycles. The molecule has 5 rings (SSSR count). The predicted octanol–water partition coefficient (Wildman–Crippen LogP) is 3.41. The number of likely N-dealkylation sites (tertiary alicyclic amines) is 1. The average Bonchev–Trinajstić information content (AvgIpc) is 3.37. The molecule has 3 aromatic rings. The van der Waals surface area contributed by atoms with Crippen molar-refractivity contribution in [2.24, 2.45) is 5.92 Å². The van der Waals surface area contributed by atoms with E-state index in [0.717, 1.165) is 68.9 Å². The van der Waals surface area contributed by atoms with Gasteiger partial charge in [0.25, 0.3) is 0 Å². The average molecular weight is 476 g/mol. The van der Waals surface area contributed by atoms with E-state index in [1.54, 1.807) is 0 Å². The number of nitrogens with zero attached hydrogens (tertiary/aromatic N) is 4. The zero-order chi connectivity index (χ0) is 24.0. The van der Waals surface area contributed by atoms with Crippen LogP contribution in [0.1, 0.15) is 29.9 Å². The first-order valence-corrected chi connectivity index (χ1v) is 12.5. The minimum Gasteiger partial charge on any atom is -0.378 e. The van der Waals surface area contributed by atoms with Crippen LogP contribution in [0.4, 0.5) is 5.69 Å². The number of aromatic nitrogens is 2. The number of aryl methyl sites for hydroxylation is 1. The van der Waals surface area contributed by atoms with E-state index in [1.165, 1.54) is 5.69 Å². The predicted molar refractivity (Wildman–Crippen MR) is 134 cm³/mol. The molecule has 1 amide bonds. The number of carbonyl (C=O) groups is 1. The Morgan fingerprint density at radius 2 is 1.77 bits per heavy atom. The summed E-state index contributed by atoms with van der Waals surface area (Å²) in [6, 6.07) is 16.5. The Bertz CT molecular complexity index is 1120. The van der Waals surface area contributed by atoms with Gasteiger partial charge in [-0.2, -0.15) is 4.98 Å². The minimum atomic E-state index is 0.0455. The zero-order valence-electron chi connectivity index (χ0n) is 20.3. The Hall–Kier alpha value is -3.23. The Kier molecular flexibility index (Phi) is 7.39. The van der Waals surface area contributed by atoms with Crippen molar-refractivity contribution in [1.82, 2.24) is 20.4 Å². The molecule has 0 radical (unpaired) electrons. The summed E-state index contributed by atoms with van der Waals surface area (Å²) in [4.78, 5) is 21.9. The highest BCUT2D eigenvalue weighted by atomic mass is 16.5. The van der Waals surface area contributed by atoms with Crippen LogP contribution >= 0.6 is 0 Å². The molecule has 184 valence electrons. The van der Waals surface area contributed by atoms with Crippen molar-refractivity contribution in [3.8, 4) is 11.4 Å². The SMILES string of the molecule is Cc1ccccc1-c1noc(CN2CCC(C(=O)NCc3ccc(N4CCOCC4)cc3)CC2)n1. The molecule has 1 aromatic heterocycles. The number of hydrogen-bond acceptors (Lipinski definition) is 7. The number of morpholine rings is 1. The number of nitrogens with one attached hydrogen (secondary N) is 1. The monoisotopic (exact) mass is 475 g/mol. The number of amides is 1. The molecular formula is C27H33N5O3. The topological polar surface area (TPSA) is 83.7 Å². The zero-order valence-corrected chi connectivity index (χ0v) is 20.3. The second-order valence-electron chi connectivity index (χ2n) is 9.36. The van der Waals surface area contributed by atoms with Crippen LogP contribution in [0.15, 0.2) is 53.1 Å². The van der Waals surface area contributed by atoms with Crippen LogP contribution in [0.5, 0.6) is 0 Å². The molecule has 2 aliphatic rings. The maximum Gasteiger partial charge on any atom is 0.241 e. The lowest BCUT2D eigenvalue weighted by Crippen LogP contribution is -2.40. The summed E-state index contributed by atoms with van der Waals surface area (Å²) in [5.74, 6) is 1.43. The van der Waals surface area contributed by atoms with Crippen molar-refractivity contribution in [1.29, 1.82) is 0 Å². The molecule has 0 aliphatic carbocycles. The fourth-order valence-corrected chi connectivity index (χ4v) is 4.78. The van der Waals surface area contributed by atoms with Gasteiger partial charge < -0.3 is 19.5 Å². The van der Waals surface area contributed by atoms with Crippen molar-refractivity contribution >= 4 is 11.6 Å². The van der Waals surface area contributed by atoms with Crippen LogP contribution in [0, 0.1) is 12.8 Å². The molecule has 2 saturated heterocycles. The lowest BCUT2D eigenvalue weighted by Gasteiger charge is -2.30. The fraction of sp³-hybridized carbons (Fsp3) is 0.444. The molecule has 8 nitrogen and oxygen atoms in total. The van der Waals surface area contributed by atoms with Crippen LogP contribution in [-0.2, 0) is 22.6 Å². The van der Waals surface area contributed by atoms with Gasteiger partial charge in [-0.1, -0.05) is 41.6 Å². The first kappa shape index (κ1) is 23.5. The number of hydrogen-bond donors (Lipinski definition) is 1. The smallest absolute Gasteiger partial charge is 0.241 e. The number of anilines is 1.